The van der Waals surface area contributed by atoms with Crippen LogP contribution in [0.5, 0.6) is 0 Å². The molecule has 3 N–H and O–H groups in total. The Morgan fingerprint density at radius 3 is 2.83 bits per heavy atom. The topological polar surface area (TPSA) is 99.2 Å². The Balaban J connectivity index is 3.00. The number of rotatable bonds is 7. The van der Waals surface area contributed by atoms with Crippen LogP contribution in [-0.2, 0) is 21.1 Å². The molecule has 0 saturated heterocycles. The first kappa shape index (κ1) is 15.4. The zero-order chi connectivity index (χ0) is 13.8. The van der Waals surface area contributed by atoms with Gasteiger partial charge in [0, 0.05) is 13.4 Å². The predicted molar refractivity (Wildman–Crippen MR) is 68.9 cm³/mol. The molecule has 1 atom stereocenters. The van der Waals surface area contributed by atoms with Crippen LogP contribution in [0.15, 0.2) is 6.20 Å². The maximum absolute atomic E-state index is 11.3. The van der Waals surface area contributed by atoms with Gasteiger partial charge in [0.2, 0.25) is 0 Å². The van der Waals surface area contributed by atoms with Crippen LogP contribution in [0.3, 0.4) is 0 Å². The van der Waals surface area contributed by atoms with Crippen LogP contribution < -0.4 is 11.3 Å². The molecule has 104 valence electrons. The summed E-state index contributed by atoms with van der Waals surface area (Å²) >= 11 is 6.01. The second-order valence-corrected chi connectivity index (χ2v) is 6.50. The van der Waals surface area contributed by atoms with E-state index in [1.807, 2.05) is 0 Å². The molecule has 0 bridgehead atoms. The van der Waals surface area contributed by atoms with E-state index >= 15 is 0 Å². The molecule has 0 amide bonds. The van der Waals surface area contributed by atoms with Crippen molar-refractivity contribution >= 4 is 21.4 Å². The van der Waals surface area contributed by atoms with Crippen LogP contribution >= 0.6 is 11.6 Å². The van der Waals surface area contributed by atoms with E-state index < -0.39 is 15.9 Å². The van der Waals surface area contributed by atoms with Crippen molar-refractivity contribution in [1.82, 2.24) is 15.2 Å². The molecule has 1 aromatic rings. The van der Waals surface area contributed by atoms with Gasteiger partial charge in [-0.15, -0.1) is 0 Å². The molecule has 0 aliphatic rings. The zero-order valence-electron chi connectivity index (χ0n) is 10.3. The fraction of sp³-hybridized carbons (Fsp3) is 0.667. The Labute approximate surface area is 111 Å². The van der Waals surface area contributed by atoms with Gasteiger partial charge in [-0.25, -0.2) is 8.42 Å². The van der Waals surface area contributed by atoms with Crippen LogP contribution in [-0.4, -0.2) is 43.9 Å². The average Bonchev–Trinajstić information content (AvgIpc) is 2.63. The van der Waals surface area contributed by atoms with Crippen LogP contribution in [0.4, 0.5) is 0 Å². The van der Waals surface area contributed by atoms with Crippen LogP contribution in [0.2, 0.25) is 5.02 Å². The monoisotopic (exact) mass is 296 g/mol. The maximum atomic E-state index is 11.3. The zero-order valence-corrected chi connectivity index (χ0v) is 11.8. The lowest BCUT2D eigenvalue weighted by atomic mass is 10.2. The van der Waals surface area contributed by atoms with Crippen molar-refractivity contribution in [2.24, 2.45) is 5.84 Å². The Morgan fingerprint density at radius 1 is 1.67 bits per heavy atom. The second kappa shape index (κ2) is 6.48. The Bertz CT molecular complexity index is 488. The van der Waals surface area contributed by atoms with Gasteiger partial charge in [-0.05, 0) is 0 Å². The first-order valence-electron chi connectivity index (χ1n) is 5.23. The molecule has 0 aliphatic heterocycles. The lowest BCUT2D eigenvalue weighted by Crippen LogP contribution is -2.35. The van der Waals surface area contributed by atoms with Crippen molar-refractivity contribution < 1.29 is 13.2 Å². The Morgan fingerprint density at radius 2 is 2.33 bits per heavy atom. The number of methoxy groups -OCH3 is 1. The smallest absolute Gasteiger partial charge is 0.149 e. The highest BCUT2D eigenvalue weighted by Gasteiger charge is 2.23. The number of halogens is 1. The van der Waals surface area contributed by atoms with Gasteiger partial charge in [-0.1, -0.05) is 11.6 Å². The summed E-state index contributed by atoms with van der Waals surface area (Å²) in [6.45, 7) is 0.918. The van der Waals surface area contributed by atoms with Crippen LogP contribution in [0.25, 0.3) is 0 Å². The van der Waals surface area contributed by atoms with Crippen molar-refractivity contribution in [2.75, 3.05) is 25.7 Å². The molecule has 7 nitrogen and oxygen atoms in total. The maximum Gasteiger partial charge on any atom is 0.149 e. The van der Waals surface area contributed by atoms with Crippen molar-refractivity contribution in [2.45, 2.75) is 12.6 Å². The fourth-order valence-electron chi connectivity index (χ4n) is 1.58. The van der Waals surface area contributed by atoms with Gasteiger partial charge in [0.1, 0.15) is 9.84 Å². The van der Waals surface area contributed by atoms with E-state index in [1.54, 1.807) is 11.8 Å². The van der Waals surface area contributed by atoms with Crippen LogP contribution in [0, 0.1) is 0 Å². The average molecular weight is 297 g/mol. The second-order valence-electron chi connectivity index (χ2n) is 3.91. The van der Waals surface area contributed by atoms with E-state index in [4.69, 9.17) is 22.2 Å². The number of nitrogens with one attached hydrogen (secondary N) is 1. The molecular weight excluding hydrogens is 280 g/mol. The first-order chi connectivity index (χ1) is 8.39. The van der Waals surface area contributed by atoms with E-state index in [0.717, 1.165) is 6.26 Å². The summed E-state index contributed by atoms with van der Waals surface area (Å²) in [7, 11) is -1.62. The molecule has 1 unspecified atom stereocenters. The molecule has 1 heterocycles. The minimum absolute atomic E-state index is 0.151. The number of ether oxygens (including phenoxy) is 1. The van der Waals surface area contributed by atoms with Gasteiger partial charge in [0.05, 0.1) is 41.9 Å². The summed E-state index contributed by atoms with van der Waals surface area (Å²) in [5.74, 6) is 5.24. The molecule has 18 heavy (non-hydrogen) atoms. The van der Waals surface area contributed by atoms with Gasteiger partial charge in [-0.3, -0.25) is 16.0 Å². The van der Waals surface area contributed by atoms with Crippen molar-refractivity contribution in [3.63, 3.8) is 0 Å². The van der Waals surface area contributed by atoms with E-state index in [1.165, 1.54) is 6.20 Å². The minimum atomic E-state index is -3.19. The molecule has 1 aromatic heterocycles. The Kier molecular flexibility index (Phi) is 5.54. The number of nitrogens with zero attached hydrogens (tertiary/aromatic N) is 2. The number of hydrazine groups is 1. The third-order valence-corrected chi connectivity index (χ3v) is 3.57. The highest BCUT2D eigenvalue weighted by Crippen LogP contribution is 2.23. The molecule has 0 saturated carbocycles. The van der Waals surface area contributed by atoms with E-state index in [0.29, 0.717) is 23.9 Å². The normalized spacial score (nSPS) is 13.8. The Hall–Kier alpha value is -0.670. The summed E-state index contributed by atoms with van der Waals surface area (Å²) < 4.78 is 29.2. The van der Waals surface area contributed by atoms with Crippen LogP contribution in [0.1, 0.15) is 11.7 Å². The first-order valence-corrected chi connectivity index (χ1v) is 7.67. The summed E-state index contributed by atoms with van der Waals surface area (Å²) in [6, 6.07) is -0.605. The molecule has 0 fully saturated rings. The highest BCUT2D eigenvalue weighted by atomic mass is 35.5. The summed E-state index contributed by atoms with van der Waals surface area (Å²) in [6.07, 6.45) is 2.60. The quantitative estimate of drug-likeness (QED) is 0.531. The van der Waals surface area contributed by atoms with Gasteiger partial charge in [-0.2, -0.15) is 5.10 Å². The number of nitrogens with two attached hydrogens (primary N) is 1. The fourth-order valence-corrected chi connectivity index (χ4v) is 2.72. The van der Waals surface area contributed by atoms with E-state index in [2.05, 4.69) is 10.5 Å². The number of hydrogen-bond acceptors (Lipinski definition) is 6. The molecule has 1 rings (SSSR count). The molecular formula is C9H17ClN4O3S. The van der Waals surface area contributed by atoms with E-state index in [9.17, 15) is 8.42 Å². The molecule has 9 heteroatoms. The molecule has 0 aromatic carbocycles. The lowest BCUT2D eigenvalue weighted by molar-refractivity contribution is 0.182. The number of sulfone groups is 1. The SMILES string of the molecule is COCCn1ncc(Cl)c1C(CS(C)(=O)=O)NN. The summed E-state index contributed by atoms with van der Waals surface area (Å²) in [4.78, 5) is 0. The van der Waals surface area contributed by atoms with Gasteiger partial charge >= 0.3 is 0 Å². The third-order valence-electron chi connectivity index (χ3n) is 2.34. The van der Waals surface area contributed by atoms with Gasteiger partial charge in [0.15, 0.2) is 0 Å². The summed E-state index contributed by atoms with van der Waals surface area (Å²) in [5, 5.41) is 4.44. The van der Waals surface area contributed by atoms with Crippen molar-refractivity contribution in [1.29, 1.82) is 0 Å². The van der Waals surface area contributed by atoms with E-state index in [-0.39, 0.29) is 5.75 Å². The molecule has 0 radical (unpaired) electrons. The third kappa shape index (κ3) is 4.21. The highest BCUT2D eigenvalue weighted by molar-refractivity contribution is 7.90. The van der Waals surface area contributed by atoms with Crippen molar-refractivity contribution in [3.8, 4) is 0 Å². The largest absolute Gasteiger partial charge is 0.383 e. The molecule has 0 aliphatic carbocycles. The molecule has 0 spiro atoms. The number of hydrogen-bond donors (Lipinski definition) is 2. The lowest BCUT2D eigenvalue weighted by Gasteiger charge is -2.17. The standard InChI is InChI=1S/C9H17ClN4O3S/c1-17-4-3-14-9(7(10)5-12-14)8(13-11)6-18(2,15)16/h5,8,13H,3-4,6,11H2,1-2H3. The van der Waals surface area contributed by atoms with Gasteiger partial charge < -0.3 is 4.74 Å². The van der Waals surface area contributed by atoms with Gasteiger partial charge in [0.25, 0.3) is 0 Å². The predicted octanol–water partition coefficient (Wildman–Crippen LogP) is -0.268. The van der Waals surface area contributed by atoms with Crippen molar-refractivity contribution in [3.05, 3.63) is 16.9 Å². The number of aromatic nitrogens is 2. The summed E-state index contributed by atoms with van der Waals surface area (Å²) in [5.41, 5.74) is 3.00. The minimum Gasteiger partial charge on any atom is -0.383 e.